The number of aromatic nitrogens is 3. The number of hydrogen-bond donors (Lipinski definition) is 2. The Balaban J connectivity index is 0.000000271. The number of likely N-dealkylation sites (tertiary alicyclic amines) is 2. The van der Waals surface area contributed by atoms with Gasteiger partial charge in [-0.1, -0.05) is 6.07 Å². The molecule has 36 heavy (non-hydrogen) atoms. The molecule has 0 aliphatic carbocycles. The summed E-state index contributed by atoms with van der Waals surface area (Å²) >= 11 is 0. The molecule has 2 saturated heterocycles. The van der Waals surface area contributed by atoms with E-state index in [0.717, 1.165) is 24.9 Å². The summed E-state index contributed by atoms with van der Waals surface area (Å²) in [5, 5.41) is 18.5. The Morgan fingerprint density at radius 3 is 1.75 bits per heavy atom. The fraction of sp³-hybridized carbons (Fsp3) is 0.524. The summed E-state index contributed by atoms with van der Waals surface area (Å²) in [5.74, 6) is -3.87. The van der Waals surface area contributed by atoms with E-state index in [0.29, 0.717) is 0 Å². The molecule has 2 aliphatic rings. The van der Waals surface area contributed by atoms with Gasteiger partial charge in [-0.05, 0) is 24.0 Å². The normalized spacial score (nSPS) is 20.1. The molecule has 0 aromatic carbocycles. The van der Waals surface area contributed by atoms with Crippen molar-refractivity contribution in [3.63, 3.8) is 0 Å². The summed E-state index contributed by atoms with van der Waals surface area (Å²) in [6.07, 6.45) is -4.16. The number of pyridine rings is 1. The van der Waals surface area contributed by atoms with Crippen molar-refractivity contribution in [2.75, 3.05) is 26.2 Å². The van der Waals surface area contributed by atoms with E-state index < -0.39 is 24.3 Å². The third-order valence-corrected chi connectivity index (χ3v) is 5.40. The molecular formula is C21H25F6N5O4. The van der Waals surface area contributed by atoms with Crippen molar-refractivity contribution in [2.45, 2.75) is 25.4 Å². The van der Waals surface area contributed by atoms with Gasteiger partial charge in [0.1, 0.15) is 0 Å². The van der Waals surface area contributed by atoms with Crippen LogP contribution in [0, 0.1) is 11.8 Å². The van der Waals surface area contributed by atoms with Crippen molar-refractivity contribution in [2.24, 2.45) is 18.9 Å². The van der Waals surface area contributed by atoms with Gasteiger partial charge in [0, 0.05) is 64.3 Å². The van der Waals surface area contributed by atoms with Crippen molar-refractivity contribution in [1.29, 1.82) is 0 Å². The Hall–Kier alpha value is -3.20. The molecule has 15 heteroatoms. The SMILES string of the molecule is Cn1cc(CN2C[C@@H]3CN(Cc4ccccn4)C[C@@H]3C2)cn1.O=C(O)C(F)(F)F.O=C(O)C(F)(F)F. The number of carboxylic acid groups (broad SMARTS) is 2. The summed E-state index contributed by atoms with van der Waals surface area (Å²) in [6.45, 7) is 6.91. The third-order valence-electron chi connectivity index (χ3n) is 5.40. The number of hydrogen-bond acceptors (Lipinski definition) is 6. The summed E-state index contributed by atoms with van der Waals surface area (Å²) in [5.41, 5.74) is 2.52. The fourth-order valence-electron chi connectivity index (χ4n) is 3.98. The smallest absolute Gasteiger partial charge is 0.475 e. The summed E-state index contributed by atoms with van der Waals surface area (Å²) < 4.78 is 65.4. The van der Waals surface area contributed by atoms with Gasteiger partial charge in [0.15, 0.2) is 0 Å². The maximum absolute atomic E-state index is 10.6. The molecule has 2 aromatic heterocycles. The van der Waals surface area contributed by atoms with Gasteiger partial charge in [-0.2, -0.15) is 31.4 Å². The topological polar surface area (TPSA) is 112 Å². The van der Waals surface area contributed by atoms with E-state index in [1.807, 2.05) is 30.2 Å². The molecule has 0 amide bonds. The van der Waals surface area contributed by atoms with Gasteiger partial charge in [-0.15, -0.1) is 0 Å². The molecule has 2 aromatic rings. The van der Waals surface area contributed by atoms with E-state index in [4.69, 9.17) is 19.8 Å². The average molecular weight is 525 g/mol. The number of carboxylic acids is 2. The number of nitrogens with zero attached hydrogens (tertiary/aromatic N) is 5. The van der Waals surface area contributed by atoms with Crippen molar-refractivity contribution >= 4 is 11.9 Å². The van der Waals surface area contributed by atoms with Crippen molar-refractivity contribution < 1.29 is 46.1 Å². The van der Waals surface area contributed by atoms with Gasteiger partial charge in [0.2, 0.25) is 0 Å². The molecule has 0 saturated carbocycles. The van der Waals surface area contributed by atoms with Gasteiger partial charge in [-0.3, -0.25) is 19.5 Å². The van der Waals surface area contributed by atoms with Crippen LogP contribution in [-0.2, 0) is 29.7 Å². The van der Waals surface area contributed by atoms with Gasteiger partial charge < -0.3 is 10.2 Å². The zero-order chi connectivity index (χ0) is 27.1. The van der Waals surface area contributed by atoms with E-state index in [9.17, 15) is 26.3 Å². The van der Waals surface area contributed by atoms with Crippen molar-refractivity contribution in [3.8, 4) is 0 Å². The molecule has 2 N–H and O–H groups in total. The highest BCUT2D eigenvalue weighted by Crippen LogP contribution is 2.32. The van der Waals surface area contributed by atoms with E-state index >= 15 is 0 Å². The Morgan fingerprint density at radius 2 is 1.39 bits per heavy atom. The molecule has 4 heterocycles. The zero-order valence-corrected chi connectivity index (χ0v) is 19.1. The molecule has 0 bridgehead atoms. The Kier molecular flexibility index (Phi) is 9.81. The first-order valence-corrected chi connectivity index (χ1v) is 10.6. The zero-order valence-electron chi connectivity index (χ0n) is 19.1. The quantitative estimate of drug-likeness (QED) is 0.587. The number of aryl methyl sites for hydroxylation is 1. The Bertz CT molecular complexity index is 961. The van der Waals surface area contributed by atoms with Crippen LogP contribution < -0.4 is 0 Å². The second-order valence-corrected chi connectivity index (χ2v) is 8.36. The van der Waals surface area contributed by atoms with Crippen LogP contribution >= 0.6 is 0 Å². The highest BCUT2D eigenvalue weighted by molar-refractivity contribution is 5.73. The van der Waals surface area contributed by atoms with Crippen LogP contribution in [0.3, 0.4) is 0 Å². The van der Waals surface area contributed by atoms with Crippen molar-refractivity contribution in [3.05, 3.63) is 48.0 Å². The second-order valence-electron chi connectivity index (χ2n) is 8.36. The largest absolute Gasteiger partial charge is 0.490 e. The van der Waals surface area contributed by atoms with Crippen molar-refractivity contribution in [1.82, 2.24) is 24.6 Å². The lowest BCUT2D eigenvalue weighted by molar-refractivity contribution is -0.193. The van der Waals surface area contributed by atoms with E-state index in [-0.39, 0.29) is 0 Å². The van der Waals surface area contributed by atoms with E-state index in [1.54, 1.807) is 0 Å². The van der Waals surface area contributed by atoms with Gasteiger partial charge in [-0.25, -0.2) is 9.59 Å². The molecular weight excluding hydrogens is 500 g/mol. The van der Waals surface area contributed by atoms with Crippen LogP contribution in [-0.4, -0.2) is 85.2 Å². The number of carbonyl (C=O) groups is 2. The molecule has 4 rings (SSSR count). The molecule has 2 atom stereocenters. The monoisotopic (exact) mass is 525 g/mol. The Labute approximate surface area is 201 Å². The number of fused-ring (bicyclic) bond motifs is 1. The lowest BCUT2D eigenvalue weighted by atomic mass is 10.0. The minimum absolute atomic E-state index is 0.820. The Morgan fingerprint density at radius 1 is 0.917 bits per heavy atom. The number of halogens is 6. The lowest BCUT2D eigenvalue weighted by Gasteiger charge is -2.20. The molecule has 0 radical (unpaired) electrons. The number of aliphatic carboxylic acids is 2. The average Bonchev–Trinajstić information content (AvgIpc) is 3.43. The molecule has 200 valence electrons. The van der Waals surface area contributed by atoms with Gasteiger partial charge in [0.05, 0.1) is 11.9 Å². The number of rotatable bonds is 4. The predicted molar refractivity (Wildman–Crippen MR) is 112 cm³/mol. The summed E-state index contributed by atoms with van der Waals surface area (Å²) in [4.78, 5) is 27.4. The second kappa shape index (κ2) is 12.2. The summed E-state index contributed by atoms with van der Waals surface area (Å²) in [7, 11) is 1.98. The molecule has 2 aliphatic heterocycles. The maximum Gasteiger partial charge on any atom is 0.490 e. The number of alkyl halides is 6. The van der Waals surface area contributed by atoms with E-state index in [2.05, 4.69) is 38.2 Å². The molecule has 0 unspecified atom stereocenters. The van der Waals surface area contributed by atoms with Gasteiger partial charge >= 0.3 is 24.3 Å². The van der Waals surface area contributed by atoms with E-state index in [1.165, 1.54) is 37.4 Å². The standard InChI is InChI=1S/C17H23N5.2C2HF3O2/c1-20-7-14(6-19-20)8-21-9-15-11-22(12-16(15)10-21)13-17-4-2-3-5-18-17;2*3-2(4,5)1(6)7/h2-7,15-16H,8-13H2,1H3;2*(H,6,7)/t15-,16+;;. The minimum atomic E-state index is -5.08. The molecule has 0 spiro atoms. The van der Waals surface area contributed by atoms with Crippen LogP contribution in [0.15, 0.2) is 36.8 Å². The van der Waals surface area contributed by atoms with Crippen LogP contribution in [0.2, 0.25) is 0 Å². The third kappa shape index (κ3) is 9.45. The fourth-order valence-corrected chi connectivity index (χ4v) is 3.98. The first-order chi connectivity index (χ1) is 16.6. The van der Waals surface area contributed by atoms with Crippen LogP contribution in [0.25, 0.3) is 0 Å². The van der Waals surface area contributed by atoms with Crippen LogP contribution in [0.4, 0.5) is 26.3 Å². The van der Waals surface area contributed by atoms with Crippen LogP contribution in [0.5, 0.6) is 0 Å². The molecule has 9 nitrogen and oxygen atoms in total. The highest BCUT2D eigenvalue weighted by Gasteiger charge is 2.40. The molecule has 2 fully saturated rings. The highest BCUT2D eigenvalue weighted by atomic mass is 19.4. The van der Waals surface area contributed by atoms with Gasteiger partial charge in [0.25, 0.3) is 0 Å². The minimum Gasteiger partial charge on any atom is -0.475 e. The predicted octanol–water partition coefficient (Wildman–Crippen LogP) is 2.65. The lowest BCUT2D eigenvalue weighted by Crippen LogP contribution is -2.28. The first kappa shape index (κ1) is 29.0. The van der Waals surface area contributed by atoms with Crippen LogP contribution in [0.1, 0.15) is 11.3 Å². The maximum atomic E-state index is 10.6. The first-order valence-electron chi connectivity index (χ1n) is 10.6. The summed E-state index contributed by atoms with van der Waals surface area (Å²) in [6, 6.07) is 6.19.